The molecule has 1 aromatic carbocycles. The van der Waals surface area contributed by atoms with E-state index in [1.807, 2.05) is 38.1 Å². The Morgan fingerprint density at radius 2 is 1.94 bits per heavy atom. The number of benzene rings is 1. The molecule has 1 heterocycles. The van der Waals surface area contributed by atoms with Gasteiger partial charge in [0.2, 0.25) is 5.95 Å². The summed E-state index contributed by atoms with van der Waals surface area (Å²) in [6.07, 6.45) is 0.777. The van der Waals surface area contributed by atoms with Gasteiger partial charge >= 0.3 is 0 Å². The van der Waals surface area contributed by atoms with Crippen LogP contribution >= 0.6 is 0 Å². The molecule has 0 radical (unpaired) electrons. The molecule has 0 aliphatic carbocycles. The van der Waals surface area contributed by atoms with Gasteiger partial charge in [-0.05, 0) is 25.5 Å². The van der Waals surface area contributed by atoms with E-state index in [-0.39, 0.29) is 6.61 Å². The fraction of sp³-hybridized carbons (Fsp3) is 0.417. The van der Waals surface area contributed by atoms with Crippen LogP contribution < -0.4 is 5.32 Å². The lowest BCUT2D eigenvalue weighted by molar-refractivity contribution is 0.218. The van der Waals surface area contributed by atoms with Crippen LogP contribution in [0.3, 0.4) is 0 Å². The zero-order valence-corrected chi connectivity index (χ0v) is 10.0. The van der Waals surface area contributed by atoms with E-state index < -0.39 is 5.54 Å². The Morgan fingerprint density at radius 3 is 2.59 bits per heavy atom. The number of nitrogens with zero attached hydrogens (tertiary/aromatic N) is 3. The molecular formula is C12H16N4O. The number of rotatable bonds is 4. The molecule has 2 aromatic rings. The third-order valence-corrected chi connectivity index (χ3v) is 2.90. The molecule has 0 spiro atoms. The number of para-hydroxylation sites is 1. The van der Waals surface area contributed by atoms with Gasteiger partial charge in [0.25, 0.3) is 0 Å². The maximum Gasteiger partial charge on any atom is 0.243 e. The molecule has 0 aliphatic heterocycles. The number of nitrogens with one attached hydrogen (secondary N) is 1. The van der Waals surface area contributed by atoms with Gasteiger partial charge in [0, 0.05) is 0 Å². The van der Waals surface area contributed by atoms with Crippen LogP contribution in [-0.4, -0.2) is 32.4 Å². The third kappa shape index (κ3) is 2.50. The fourth-order valence-electron chi connectivity index (χ4n) is 1.44. The standard InChI is InChI=1S/C12H16N4O/c1-3-12(2,8-17)14-11-13-9-6-4-5-7-10(9)15-16-11/h4-7,17H,3,8H2,1-2H3,(H,13,14,16). The molecule has 2 rings (SSSR count). The molecule has 0 saturated heterocycles. The van der Waals surface area contributed by atoms with Gasteiger partial charge in [-0.25, -0.2) is 4.98 Å². The molecule has 0 bridgehead atoms. The molecule has 5 nitrogen and oxygen atoms in total. The highest BCUT2D eigenvalue weighted by Gasteiger charge is 2.21. The van der Waals surface area contributed by atoms with Crippen LogP contribution in [0.2, 0.25) is 0 Å². The van der Waals surface area contributed by atoms with E-state index in [9.17, 15) is 5.11 Å². The van der Waals surface area contributed by atoms with Crippen molar-refractivity contribution >= 4 is 17.0 Å². The van der Waals surface area contributed by atoms with E-state index in [0.717, 1.165) is 17.5 Å². The number of aromatic nitrogens is 3. The summed E-state index contributed by atoms with van der Waals surface area (Å²) in [4.78, 5) is 4.36. The highest BCUT2D eigenvalue weighted by atomic mass is 16.3. The van der Waals surface area contributed by atoms with Crippen molar-refractivity contribution in [3.05, 3.63) is 24.3 Å². The molecule has 0 saturated carbocycles. The van der Waals surface area contributed by atoms with Crippen molar-refractivity contribution in [2.24, 2.45) is 0 Å². The van der Waals surface area contributed by atoms with Gasteiger partial charge in [-0.3, -0.25) is 0 Å². The summed E-state index contributed by atoms with van der Waals surface area (Å²) < 4.78 is 0. The Labute approximate surface area is 99.9 Å². The van der Waals surface area contributed by atoms with E-state index in [0.29, 0.717) is 5.95 Å². The number of hydrogen-bond donors (Lipinski definition) is 2. The van der Waals surface area contributed by atoms with Crippen LogP contribution in [0.15, 0.2) is 24.3 Å². The van der Waals surface area contributed by atoms with E-state index in [4.69, 9.17) is 0 Å². The SMILES string of the molecule is CCC(C)(CO)Nc1nnc2ccccc2n1. The molecule has 1 atom stereocenters. The number of fused-ring (bicyclic) bond motifs is 1. The molecule has 0 aliphatic rings. The van der Waals surface area contributed by atoms with Crippen molar-refractivity contribution in [1.29, 1.82) is 0 Å². The molecule has 90 valence electrons. The van der Waals surface area contributed by atoms with Crippen molar-refractivity contribution in [1.82, 2.24) is 15.2 Å². The zero-order valence-electron chi connectivity index (χ0n) is 10.0. The monoisotopic (exact) mass is 232 g/mol. The van der Waals surface area contributed by atoms with Gasteiger partial charge in [-0.2, -0.15) is 0 Å². The molecule has 1 aromatic heterocycles. The summed E-state index contributed by atoms with van der Waals surface area (Å²) in [5.74, 6) is 0.446. The van der Waals surface area contributed by atoms with Crippen molar-refractivity contribution in [2.45, 2.75) is 25.8 Å². The summed E-state index contributed by atoms with van der Waals surface area (Å²) in [7, 11) is 0. The minimum absolute atomic E-state index is 0.0275. The normalized spacial score (nSPS) is 14.5. The summed E-state index contributed by atoms with van der Waals surface area (Å²) in [6, 6.07) is 7.56. The van der Waals surface area contributed by atoms with Crippen LogP contribution in [0.25, 0.3) is 11.0 Å². The highest BCUT2D eigenvalue weighted by molar-refractivity contribution is 5.74. The largest absolute Gasteiger partial charge is 0.394 e. The van der Waals surface area contributed by atoms with Gasteiger partial charge < -0.3 is 10.4 Å². The molecule has 1 unspecified atom stereocenters. The molecule has 17 heavy (non-hydrogen) atoms. The molecule has 5 heteroatoms. The van der Waals surface area contributed by atoms with E-state index >= 15 is 0 Å². The average molecular weight is 232 g/mol. The number of anilines is 1. The second-order valence-electron chi connectivity index (χ2n) is 4.32. The Balaban J connectivity index is 2.31. The van der Waals surface area contributed by atoms with Gasteiger partial charge in [0.15, 0.2) is 0 Å². The number of aliphatic hydroxyl groups is 1. The molecular weight excluding hydrogens is 216 g/mol. The van der Waals surface area contributed by atoms with Crippen LogP contribution in [0, 0.1) is 0 Å². The first-order chi connectivity index (χ1) is 8.17. The van der Waals surface area contributed by atoms with E-state index in [2.05, 4.69) is 20.5 Å². The second kappa shape index (κ2) is 4.63. The minimum Gasteiger partial charge on any atom is -0.394 e. The maximum absolute atomic E-state index is 9.32. The average Bonchev–Trinajstić information content (AvgIpc) is 2.38. The van der Waals surface area contributed by atoms with Gasteiger partial charge in [0.1, 0.15) is 5.52 Å². The minimum atomic E-state index is -0.413. The predicted molar refractivity (Wildman–Crippen MR) is 66.7 cm³/mol. The first-order valence-electron chi connectivity index (χ1n) is 5.65. The summed E-state index contributed by atoms with van der Waals surface area (Å²) in [6.45, 7) is 3.95. The molecule has 2 N–H and O–H groups in total. The third-order valence-electron chi connectivity index (χ3n) is 2.90. The highest BCUT2D eigenvalue weighted by Crippen LogP contribution is 2.16. The van der Waals surface area contributed by atoms with Crippen LogP contribution in [-0.2, 0) is 0 Å². The van der Waals surface area contributed by atoms with Gasteiger partial charge in [-0.1, -0.05) is 19.1 Å². The van der Waals surface area contributed by atoms with Gasteiger partial charge in [0.05, 0.1) is 17.7 Å². The van der Waals surface area contributed by atoms with Crippen molar-refractivity contribution < 1.29 is 5.11 Å². The summed E-state index contributed by atoms with van der Waals surface area (Å²) >= 11 is 0. The summed E-state index contributed by atoms with van der Waals surface area (Å²) in [5, 5.41) is 20.5. The van der Waals surface area contributed by atoms with Crippen LogP contribution in [0.4, 0.5) is 5.95 Å². The van der Waals surface area contributed by atoms with Crippen molar-refractivity contribution in [3.8, 4) is 0 Å². The predicted octanol–water partition coefficient (Wildman–Crippen LogP) is 1.60. The van der Waals surface area contributed by atoms with Crippen molar-refractivity contribution in [3.63, 3.8) is 0 Å². The lowest BCUT2D eigenvalue weighted by Crippen LogP contribution is -2.38. The Hall–Kier alpha value is -1.75. The quantitative estimate of drug-likeness (QED) is 0.837. The number of hydrogen-bond acceptors (Lipinski definition) is 5. The van der Waals surface area contributed by atoms with Crippen molar-refractivity contribution in [2.75, 3.05) is 11.9 Å². The first-order valence-corrected chi connectivity index (χ1v) is 5.65. The lowest BCUT2D eigenvalue weighted by Gasteiger charge is -2.26. The summed E-state index contributed by atoms with van der Waals surface area (Å²) in [5.41, 5.74) is 1.14. The zero-order chi connectivity index (χ0) is 12.3. The Kier molecular flexibility index (Phi) is 3.19. The Morgan fingerprint density at radius 1 is 1.24 bits per heavy atom. The molecule has 0 fully saturated rings. The van der Waals surface area contributed by atoms with Crippen LogP contribution in [0.1, 0.15) is 20.3 Å². The number of aliphatic hydroxyl groups excluding tert-OH is 1. The van der Waals surface area contributed by atoms with Crippen LogP contribution in [0.5, 0.6) is 0 Å². The van der Waals surface area contributed by atoms with E-state index in [1.165, 1.54) is 0 Å². The first kappa shape index (κ1) is 11.7. The smallest absolute Gasteiger partial charge is 0.243 e. The second-order valence-corrected chi connectivity index (χ2v) is 4.32. The maximum atomic E-state index is 9.32. The van der Waals surface area contributed by atoms with Gasteiger partial charge in [-0.15, -0.1) is 10.2 Å². The van der Waals surface area contributed by atoms with E-state index in [1.54, 1.807) is 0 Å². The topological polar surface area (TPSA) is 70.9 Å². The Bertz CT molecular complexity index is 511. The lowest BCUT2D eigenvalue weighted by atomic mass is 10.0. The molecule has 0 amide bonds. The fourth-order valence-corrected chi connectivity index (χ4v) is 1.44.